The molecule has 1 aromatic rings. The van der Waals surface area contributed by atoms with Gasteiger partial charge in [-0.15, -0.1) is 0 Å². The van der Waals surface area contributed by atoms with Crippen LogP contribution in [0.15, 0.2) is 18.2 Å². The molecular formula is C17H27NNa2O4. The van der Waals surface area contributed by atoms with Crippen molar-refractivity contribution in [2.75, 3.05) is 11.9 Å². The van der Waals surface area contributed by atoms with Gasteiger partial charge in [0, 0.05) is 12.2 Å². The molecule has 0 aliphatic rings. The van der Waals surface area contributed by atoms with Crippen LogP contribution in [0.5, 0.6) is 0 Å². The second kappa shape index (κ2) is 15.2. The number of nitrogens with one attached hydrogen (secondary N) is 1. The van der Waals surface area contributed by atoms with Gasteiger partial charge in [-0.05, 0) is 24.6 Å². The number of carboxylic acid groups (broad SMARTS) is 2. The Kier molecular flexibility index (Phi) is 16.6. The van der Waals surface area contributed by atoms with Crippen LogP contribution in [0.25, 0.3) is 0 Å². The summed E-state index contributed by atoms with van der Waals surface area (Å²) in [5, 5.41) is 21.2. The average Bonchev–Trinajstić information content (AvgIpc) is 2.49. The van der Waals surface area contributed by atoms with E-state index in [1.54, 1.807) is 6.07 Å². The first-order valence-corrected chi connectivity index (χ1v) is 7.90. The number of benzene rings is 1. The molecule has 7 heteroatoms. The van der Waals surface area contributed by atoms with Gasteiger partial charge in [-0.25, -0.2) is 9.59 Å². The third kappa shape index (κ3) is 10.1. The van der Waals surface area contributed by atoms with E-state index in [0.717, 1.165) is 19.4 Å². The zero-order valence-electron chi connectivity index (χ0n) is 17.1. The van der Waals surface area contributed by atoms with Gasteiger partial charge >= 0.3 is 71.1 Å². The molecule has 0 amide bonds. The van der Waals surface area contributed by atoms with Crippen molar-refractivity contribution < 1.29 is 81.8 Å². The number of carboxylic acids is 2. The minimum atomic E-state index is -1.23. The third-order valence-electron chi connectivity index (χ3n) is 3.59. The van der Waals surface area contributed by atoms with Crippen LogP contribution in [-0.2, 0) is 0 Å². The van der Waals surface area contributed by atoms with Crippen LogP contribution in [-0.4, -0.2) is 28.7 Å². The van der Waals surface area contributed by atoms with Crippen molar-refractivity contribution in [3.8, 4) is 0 Å². The van der Waals surface area contributed by atoms with E-state index in [0.29, 0.717) is 5.69 Å². The molecule has 0 saturated heterocycles. The molecule has 0 heterocycles. The van der Waals surface area contributed by atoms with E-state index in [9.17, 15) is 9.59 Å². The van der Waals surface area contributed by atoms with Crippen molar-refractivity contribution in [3.63, 3.8) is 0 Å². The fourth-order valence-corrected chi connectivity index (χ4v) is 2.33. The molecule has 0 radical (unpaired) electrons. The van der Waals surface area contributed by atoms with E-state index < -0.39 is 11.9 Å². The maximum absolute atomic E-state index is 11.1. The Morgan fingerprint density at radius 1 is 0.917 bits per heavy atom. The van der Waals surface area contributed by atoms with E-state index in [1.807, 2.05) is 0 Å². The van der Waals surface area contributed by atoms with Gasteiger partial charge in [0.1, 0.15) is 0 Å². The van der Waals surface area contributed by atoms with Crippen molar-refractivity contribution in [1.82, 2.24) is 0 Å². The Hall–Kier alpha value is -0.0400. The Morgan fingerprint density at radius 2 is 1.46 bits per heavy atom. The summed E-state index contributed by atoms with van der Waals surface area (Å²) in [6.07, 6.45) is 8.50. The largest absolute Gasteiger partial charge is 1.00 e. The summed E-state index contributed by atoms with van der Waals surface area (Å²) in [6.45, 7) is 2.96. The van der Waals surface area contributed by atoms with Crippen molar-refractivity contribution >= 4 is 17.6 Å². The summed E-state index contributed by atoms with van der Waals surface area (Å²) < 4.78 is 0. The molecule has 1 rings (SSSR count). The number of anilines is 1. The zero-order valence-corrected chi connectivity index (χ0v) is 19.1. The topological polar surface area (TPSA) is 86.6 Å². The molecule has 0 bridgehead atoms. The van der Waals surface area contributed by atoms with E-state index in [-0.39, 0.29) is 73.1 Å². The molecule has 3 N–H and O–H groups in total. The molecule has 0 aromatic heterocycles. The van der Waals surface area contributed by atoms with E-state index in [1.165, 1.54) is 44.2 Å². The molecule has 0 saturated carbocycles. The summed E-state index contributed by atoms with van der Waals surface area (Å²) in [5.41, 5.74) is 0.277. The van der Waals surface area contributed by atoms with Gasteiger partial charge in [0.25, 0.3) is 0 Å². The number of rotatable bonds is 11. The maximum Gasteiger partial charge on any atom is 1.00 e. The molecule has 24 heavy (non-hydrogen) atoms. The molecule has 5 nitrogen and oxygen atoms in total. The Labute approximate surface area is 191 Å². The smallest absolute Gasteiger partial charge is 1.00 e. The molecule has 0 aliphatic carbocycles. The first kappa shape index (κ1) is 26.2. The van der Waals surface area contributed by atoms with Crippen LogP contribution in [0.2, 0.25) is 0 Å². The maximum atomic E-state index is 11.1. The Balaban J connectivity index is -0.000000605. The summed E-state index contributed by atoms with van der Waals surface area (Å²) in [5.74, 6) is -2.45. The quantitative estimate of drug-likeness (QED) is 0.332. The number of unbranched alkanes of at least 4 members (excludes halogenated alkanes) is 6. The normalized spacial score (nSPS) is 9.54. The molecule has 126 valence electrons. The second-order valence-corrected chi connectivity index (χ2v) is 5.42. The number of aromatic carboxylic acids is 2. The van der Waals surface area contributed by atoms with Gasteiger partial charge in [-0.2, -0.15) is 0 Å². The first-order chi connectivity index (χ1) is 10.6. The fraction of sp³-hybridized carbons (Fsp3) is 0.529. The van der Waals surface area contributed by atoms with Gasteiger partial charge in [0.2, 0.25) is 0 Å². The van der Waals surface area contributed by atoms with Gasteiger partial charge in [-0.3, -0.25) is 0 Å². The van der Waals surface area contributed by atoms with Crippen LogP contribution >= 0.6 is 0 Å². The predicted octanol–water partition coefficient (Wildman–Crippen LogP) is -1.52. The SMILES string of the molecule is CCCCCCCCCNc1ccc(C(=O)O)c(C(=O)O)c1.[H-].[H-].[Na+].[Na+]. The fourth-order valence-electron chi connectivity index (χ4n) is 2.33. The predicted molar refractivity (Wildman–Crippen MR) is 89.1 cm³/mol. The van der Waals surface area contributed by atoms with Crippen molar-refractivity contribution in [2.24, 2.45) is 0 Å². The first-order valence-electron chi connectivity index (χ1n) is 7.90. The van der Waals surface area contributed by atoms with E-state index >= 15 is 0 Å². The minimum Gasteiger partial charge on any atom is -1.00 e. The van der Waals surface area contributed by atoms with Crippen molar-refractivity contribution in [2.45, 2.75) is 51.9 Å². The van der Waals surface area contributed by atoms with Crippen LogP contribution in [0.3, 0.4) is 0 Å². The molecular weight excluding hydrogens is 328 g/mol. The van der Waals surface area contributed by atoms with Crippen molar-refractivity contribution in [1.29, 1.82) is 0 Å². The number of hydrogen-bond donors (Lipinski definition) is 3. The molecule has 0 aliphatic heterocycles. The summed E-state index contributed by atoms with van der Waals surface area (Å²) in [7, 11) is 0. The standard InChI is InChI=1S/C17H25NO4.2Na.2H/c1-2-3-4-5-6-7-8-11-18-13-9-10-14(16(19)20)15(12-13)17(21)22;;;;/h9-10,12,18H,2-8,11H2,1H3,(H,19,20)(H,21,22);;;;/q;2*+1;2*-1. The van der Waals surface area contributed by atoms with Crippen molar-refractivity contribution in [3.05, 3.63) is 29.3 Å². The molecule has 1 aromatic carbocycles. The zero-order chi connectivity index (χ0) is 16.4. The van der Waals surface area contributed by atoms with Crippen LogP contribution in [0.1, 0.15) is 75.4 Å². The monoisotopic (exact) mass is 355 g/mol. The molecule has 0 fully saturated rings. The Bertz CT molecular complexity index is 520. The van der Waals surface area contributed by atoms with Gasteiger partial charge in [0.05, 0.1) is 11.1 Å². The van der Waals surface area contributed by atoms with Crippen LogP contribution in [0, 0.1) is 0 Å². The summed E-state index contributed by atoms with van der Waals surface area (Å²) in [4.78, 5) is 22.0. The van der Waals surface area contributed by atoms with Crippen LogP contribution in [0.4, 0.5) is 5.69 Å². The van der Waals surface area contributed by atoms with E-state index in [2.05, 4.69) is 12.2 Å². The second-order valence-electron chi connectivity index (χ2n) is 5.42. The summed E-state index contributed by atoms with van der Waals surface area (Å²) in [6, 6.07) is 4.32. The van der Waals surface area contributed by atoms with Crippen LogP contribution < -0.4 is 64.4 Å². The van der Waals surface area contributed by atoms with Gasteiger partial charge in [-0.1, -0.05) is 45.4 Å². The molecule has 0 atom stereocenters. The molecule has 0 spiro atoms. The van der Waals surface area contributed by atoms with Gasteiger partial charge < -0.3 is 18.4 Å². The number of carbonyl (C=O) groups is 2. The molecule has 0 unspecified atom stereocenters. The number of hydrogen-bond acceptors (Lipinski definition) is 3. The van der Waals surface area contributed by atoms with Gasteiger partial charge in [0.15, 0.2) is 0 Å². The summed E-state index contributed by atoms with van der Waals surface area (Å²) >= 11 is 0. The average molecular weight is 355 g/mol. The minimum absolute atomic E-state index is 0. The van der Waals surface area contributed by atoms with E-state index in [4.69, 9.17) is 10.2 Å². The third-order valence-corrected chi connectivity index (χ3v) is 3.59. The Morgan fingerprint density at radius 3 is 2.00 bits per heavy atom.